The molecule has 0 aliphatic rings. The third kappa shape index (κ3) is 20.9. The number of aryl methyl sites for hydroxylation is 14. The molecule has 5 nitrogen and oxygen atoms in total. The highest BCUT2D eigenvalue weighted by Gasteiger charge is 2.26. The lowest BCUT2D eigenvalue weighted by Gasteiger charge is -2.16. The van der Waals surface area contributed by atoms with Gasteiger partial charge in [-0.25, -0.2) is 22.8 Å². The molecule has 124 heavy (non-hydrogen) atoms. The van der Waals surface area contributed by atoms with Crippen molar-refractivity contribution >= 4 is 53.9 Å². The summed E-state index contributed by atoms with van der Waals surface area (Å²) in [5.41, 5.74) is 35.7. The number of nitrogens with zero attached hydrogens (tertiary/aromatic N) is 5. The molecule has 10 aromatic carbocycles. The summed E-state index contributed by atoms with van der Waals surface area (Å²) in [6.07, 6.45) is 26.2. The Bertz CT molecular complexity index is 6210. The maximum Gasteiger partial charge on any atom is 0.220 e. The second-order valence-electron chi connectivity index (χ2n) is 35.7. The van der Waals surface area contributed by atoms with Crippen molar-refractivity contribution < 1.29 is 22.8 Å². The Hall–Kier alpha value is -10.8. The molecule has 0 spiro atoms. The van der Waals surface area contributed by atoms with E-state index in [1.54, 1.807) is 0 Å². The second-order valence-corrected chi connectivity index (χ2v) is 35.7. The van der Waals surface area contributed by atoms with Crippen molar-refractivity contribution in [3.05, 3.63) is 326 Å². The minimum absolute atomic E-state index is 0.656. The van der Waals surface area contributed by atoms with E-state index in [2.05, 4.69) is 441 Å². The standard InChI is InChI=1S/C26H34N.2C24H30N.C23H28N.C22H26N/c1-7-19-15-21(10-4)18(5)25(16-19)26-24-12-11-22(20(8-2)9-3)17-23(24)13-14-27(26)6;1-7-19(8-2)20-9-10-22-21(15-20)11-12-25(6)24(22)23-14-16(3)13-17(4)18(23)5;1-6-18-10-9-17(4)23(15-18)24-22-12-11-20(19(7-2)8-3)16-21(22)13-14-25(24)5;1-6-18(7-2)19-10-11-21-20(15-19)12-13-24(5)23(21)22-14-16(3)8-9-17(22)4;1-5-17(6-2)18-11-12-21-19(15-18)13-14-23(4)22(21)20-10-8-7-9-16(20)3/h11-17,20H,7-10H2,1-6H3;9-15,19H,7-8H2,1-6H3;9-16,19H,6-8H2,1-5H3;8-15,18H,6-7H2,1-5H3;7-15,17H,5-6H2,1-4H3/q5*+1. The van der Waals surface area contributed by atoms with Gasteiger partial charge in [0.05, 0.1) is 38.1 Å². The van der Waals surface area contributed by atoms with Crippen LogP contribution in [0.2, 0.25) is 0 Å². The van der Waals surface area contributed by atoms with Crippen LogP contribution in [0.3, 0.4) is 0 Å². The molecule has 0 radical (unpaired) electrons. The van der Waals surface area contributed by atoms with Crippen molar-refractivity contribution in [2.45, 2.75) is 258 Å². The van der Waals surface area contributed by atoms with Gasteiger partial charge in [-0.3, -0.25) is 0 Å². The van der Waals surface area contributed by atoms with E-state index in [1.165, 1.54) is 263 Å². The molecule has 0 bridgehead atoms. The first-order valence-electron chi connectivity index (χ1n) is 47.3. The van der Waals surface area contributed by atoms with Crippen LogP contribution in [-0.2, 0) is 54.5 Å². The molecule has 644 valence electrons. The molecule has 0 saturated carbocycles. The molecule has 0 aliphatic carbocycles. The van der Waals surface area contributed by atoms with Crippen LogP contribution in [0.5, 0.6) is 0 Å². The maximum absolute atomic E-state index is 2.41. The monoisotopic (exact) mass is 1650 g/mol. The van der Waals surface area contributed by atoms with Crippen LogP contribution >= 0.6 is 0 Å². The van der Waals surface area contributed by atoms with Gasteiger partial charge in [0.15, 0.2) is 31.0 Å². The summed E-state index contributed by atoms with van der Waals surface area (Å²) in [5.74, 6) is 3.29. The average Bonchev–Trinajstić information content (AvgIpc) is 0.778. The fourth-order valence-corrected chi connectivity index (χ4v) is 19.6. The molecule has 15 aromatic rings. The number of fused-ring (bicyclic) bond motifs is 5. The Kier molecular flexibility index (Phi) is 32.8. The molecule has 0 saturated heterocycles. The fraction of sp³-hybridized carbons (Fsp3) is 0.370. The third-order valence-electron chi connectivity index (χ3n) is 27.8. The summed E-state index contributed by atoms with van der Waals surface area (Å²) in [5, 5.41) is 13.4. The summed E-state index contributed by atoms with van der Waals surface area (Å²) in [6.45, 7) is 47.3. The predicted molar refractivity (Wildman–Crippen MR) is 535 cm³/mol. The van der Waals surface area contributed by atoms with Gasteiger partial charge in [0.1, 0.15) is 35.2 Å². The molecule has 0 atom stereocenters. The number of rotatable bonds is 23. The fourth-order valence-electron chi connectivity index (χ4n) is 19.6. The van der Waals surface area contributed by atoms with Gasteiger partial charge in [-0.05, 0) is 334 Å². The number of aromatic nitrogens is 5. The maximum atomic E-state index is 2.41. The SMILES string of the molecule is CCC(CC)c1ccc2c(-c3cc(C)cc(C)c3C)[n+](C)ccc2c1.CCC(CC)c1ccc2c(-c3cc(C)ccc3C)[n+](C)ccc2c1.CCC(CC)c1ccc2c(-c3ccccc3C)[n+](C)ccc2c1.CCc1cc(CC)c(C)c(-c2c3ccc(C(CC)CC)cc3cc[n+]2C)c1.CCc1ccc(C)c(-c2c3ccc(C(CC)CC)cc3cc[n+]2C)c1. The second kappa shape index (κ2) is 43.2. The van der Waals surface area contributed by atoms with Gasteiger partial charge >= 0.3 is 0 Å². The quantitative estimate of drug-likeness (QED) is 0.0569. The minimum atomic E-state index is 0.656. The Morgan fingerprint density at radius 2 is 0.508 bits per heavy atom. The van der Waals surface area contributed by atoms with Crippen LogP contribution in [0, 0.1) is 55.4 Å². The van der Waals surface area contributed by atoms with E-state index in [-0.39, 0.29) is 0 Å². The number of hydrogen-bond donors (Lipinski definition) is 0. The molecular formula is C119H148N5+5. The van der Waals surface area contributed by atoms with Crippen LogP contribution in [0.1, 0.15) is 273 Å². The normalized spacial score (nSPS) is 11.4. The topological polar surface area (TPSA) is 19.4 Å². The van der Waals surface area contributed by atoms with Gasteiger partial charge in [0.25, 0.3) is 0 Å². The Labute approximate surface area is 748 Å². The van der Waals surface area contributed by atoms with E-state index < -0.39 is 0 Å². The van der Waals surface area contributed by atoms with E-state index in [1.807, 2.05) is 0 Å². The summed E-state index contributed by atoms with van der Waals surface area (Å²) in [7, 11) is 10.8. The molecular weight excluding hydrogens is 1500 g/mol. The molecule has 0 N–H and O–H groups in total. The lowest BCUT2D eigenvalue weighted by Crippen LogP contribution is -2.31. The van der Waals surface area contributed by atoms with Crippen LogP contribution in [0.15, 0.2) is 237 Å². The van der Waals surface area contributed by atoms with Gasteiger partial charge in [-0.15, -0.1) is 0 Å². The van der Waals surface area contributed by atoms with Crippen LogP contribution in [0.25, 0.3) is 110 Å². The van der Waals surface area contributed by atoms with Gasteiger partial charge in [0, 0.05) is 47.0 Å². The number of hydrogen-bond acceptors (Lipinski definition) is 0. The van der Waals surface area contributed by atoms with Crippen molar-refractivity contribution in [1.82, 2.24) is 0 Å². The van der Waals surface area contributed by atoms with Crippen LogP contribution in [0.4, 0.5) is 0 Å². The Morgan fingerprint density at radius 1 is 0.218 bits per heavy atom. The highest BCUT2D eigenvalue weighted by molar-refractivity contribution is 5.98. The van der Waals surface area contributed by atoms with Gasteiger partial charge in [0.2, 0.25) is 28.5 Å². The van der Waals surface area contributed by atoms with E-state index >= 15 is 0 Å². The molecule has 0 fully saturated rings. The molecule has 5 heteroatoms. The van der Waals surface area contributed by atoms with Crippen molar-refractivity contribution in [3.8, 4) is 56.3 Å². The molecule has 5 heterocycles. The number of pyridine rings is 5. The van der Waals surface area contributed by atoms with Crippen molar-refractivity contribution in [1.29, 1.82) is 0 Å². The van der Waals surface area contributed by atoms with Crippen molar-refractivity contribution in [2.24, 2.45) is 35.2 Å². The van der Waals surface area contributed by atoms with Crippen LogP contribution < -0.4 is 22.8 Å². The predicted octanol–water partition coefficient (Wildman–Crippen LogP) is 30.3. The Morgan fingerprint density at radius 3 is 0.839 bits per heavy atom. The van der Waals surface area contributed by atoms with Crippen molar-refractivity contribution in [3.63, 3.8) is 0 Å². The highest BCUT2D eigenvalue weighted by atomic mass is 14.9. The zero-order chi connectivity index (χ0) is 89.3. The van der Waals surface area contributed by atoms with Crippen molar-refractivity contribution in [2.75, 3.05) is 0 Å². The van der Waals surface area contributed by atoms with Crippen LogP contribution in [-0.4, -0.2) is 0 Å². The zero-order valence-corrected chi connectivity index (χ0v) is 80.8. The first kappa shape index (κ1) is 93.9. The largest absolute Gasteiger partial charge is 0.220 e. The highest BCUT2D eigenvalue weighted by Crippen LogP contribution is 2.40. The van der Waals surface area contributed by atoms with Gasteiger partial charge in [-0.1, -0.05) is 216 Å². The summed E-state index contributed by atoms with van der Waals surface area (Å²) in [4.78, 5) is 0. The van der Waals surface area contributed by atoms with Gasteiger partial charge < -0.3 is 0 Å². The third-order valence-corrected chi connectivity index (χ3v) is 27.8. The molecule has 0 aliphatic heterocycles. The molecule has 5 aromatic heterocycles. The van der Waals surface area contributed by atoms with E-state index in [0.29, 0.717) is 29.6 Å². The molecule has 0 amide bonds. The lowest BCUT2D eigenvalue weighted by molar-refractivity contribution is -0.659. The average molecular weight is 1650 g/mol. The number of benzene rings is 10. The van der Waals surface area contributed by atoms with Gasteiger partial charge in [-0.2, -0.15) is 0 Å². The summed E-state index contributed by atoms with van der Waals surface area (Å²) in [6, 6.07) is 78.2. The molecule has 0 unspecified atom stereocenters. The summed E-state index contributed by atoms with van der Waals surface area (Å²) >= 11 is 0. The minimum Gasteiger partial charge on any atom is -0.200 e. The first-order chi connectivity index (χ1) is 59.8. The van der Waals surface area contributed by atoms with E-state index in [4.69, 9.17) is 0 Å². The Balaban J connectivity index is 0.000000151. The smallest absolute Gasteiger partial charge is 0.200 e. The summed E-state index contributed by atoms with van der Waals surface area (Å²) < 4.78 is 11.3. The lowest BCUT2D eigenvalue weighted by atomic mass is 9.89. The first-order valence-corrected chi connectivity index (χ1v) is 47.3. The molecule has 15 rings (SSSR count). The zero-order valence-electron chi connectivity index (χ0n) is 80.8. The van der Waals surface area contributed by atoms with E-state index in [9.17, 15) is 0 Å². The van der Waals surface area contributed by atoms with E-state index in [0.717, 1.165) is 19.3 Å².